The van der Waals surface area contributed by atoms with Gasteiger partial charge < -0.3 is 23.5 Å². The number of carbonyl (C=O) groups excluding carboxylic acids is 1. The molecule has 11 nitrogen and oxygen atoms in total. The zero-order valence-electron chi connectivity index (χ0n) is 24.1. The van der Waals surface area contributed by atoms with Gasteiger partial charge in [-0.25, -0.2) is 29.5 Å². The summed E-state index contributed by atoms with van der Waals surface area (Å²) in [5.74, 6) is -0.312. The van der Waals surface area contributed by atoms with Gasteiger partial charge in [-0.3, -0.25) is 0 Å². The van der Waals surface area contributed by atoms with E-state index in [1.807, 2.05) is 0 Å². The largest absolute Gasteiger partial charge is 0.476 e. The van der Waals surface area contributed by atoms with Crippen LogP contribution in [-0.4, -0.2) is 65.4 Å². The third kappa shape index (κ3) is 8.18. The minimum absolute atomic E-state index is 0.182. The lowest BCUT2D eigenvalue weighted by molar-refractivity contribution is -0.208. The molecule has 1 aliphatic rings. The molecule has 0 fully saturated rings. The van der Waals surface area contributed by atoms with Crippen molar-refractivity contribution in [2.24, 2.45) is 4.99 Å². The monoisotopic (exact) mass is 609 g/mol. The van der Waals surface area contributed by atoms with E-state index < -0.39 is 47.8 Å². The quantitative estimate of drug-likeness (QED) is 0.249. The van der Waals surface area contributed by atoms with Crippen LogP contribution in [0.3, 0.4) is 0 Å². The summed E-state index contributed by atoms with van der Waals surface area (Å²) < 4.78 is 82.7. The highest BCUT2D eigenvalue weighted by Gasteiger charge is 2.50. The number of nitrogens with one attached hydrogen (secondary N) is 1. The van der Waals surface area contributed by atoms with Crippen molar-refractivity contribution in [3.8, 4) is 28.6 Å². The van der Waals surface area contributed by atoms with Crippen molar-refractivity contribution in [3.05, 3.63) is 48.0 Å². The summed E-state index contributed by atoms with van der Waals surface area (Å²) in [7, 11) is 1.60. The van der Waals surface area contributed by atoms with E-state index in [0.717, 1.165) is 6.07 Å². The maximum Gasteiger partial charge on any atom is 0.425 e. The second-order valence-corrected chi connectivity index (χ2v) is 10.9. The molecule has 0 unspecified atom stereocenters. The van der Waals surface area contributed by atoms with Gasteiger partial charge in [0.05, 0.1) is 24.5 Å². The number of rotatable bonds is 8. The van der Waals surface area contributed by atoms with Crippen LogP contribution in [0.1, 0.15) is 46.1 Å². The van der Waals surface area contributed by atoms with E-state index in [1.54, 1.807) is 27.9 Å². The third-order valence-electron chi connectivity index (χ3n) is 6.13. The van der Waals surface area contributed by atoms with Crippen molar-refractivity contribution < 1.29 is 45.8 Å². The van der Waals surface area contributed by atoms with Crippen LogP contribution in [0.4, 0.5) is 22.4 Å². The predicted octanol–water partition coefficient (Wildman–Crippen LogP) is 5.80. The number of hydrogen-bond donors (Lipinski definition) is 1. The molecule has 0 saturated heterocycles. The topological polar surface area (TPSA) is 130 Å². The van der Waals surface area contributed by atoms with Gasteiger partial charge in [0.2, 0.25) is 5.88 Å². The summed E-state index contributed by atoms with van der Waals surface area (Å²) in [5, 5.41) is 6.09. The zero-order valence-corrected chi connectivity index (χ0v) is 24.1. The van der Waals surface area contributed by atoms with Gasteiger partial charge in [-0.1, -0.05) is 5.16 Å². The number of amides is 1. The van der Waals surface area contributed by atoms with Crippen molar-refractivity contribution >= 4 is 12.1 Å². The van der Waals surface area contributed by atoms with Gasteiger partial charge in [0.1, 0.15) is 22.8 Å². The Balaban J connectivity index is 1.60. The van der Waals surface area contributed by atoms with Crippen LogP contribution in [0.15, 0.2) is 46.2 Å². The molecule has 3 aromatic rings. The van der Waals surface area contributed by atoms with Crippen LogP contribution in [0.5, 0.6) is 5.88 Å². The number of aromatic nitrogens is 3. The fourth-order valence-electron chi connectivity index (χ4n) is 4.16. The van der Waals surface area contributed by atoms with Crippen molar-refractivity contribution in [2.45, 2.75) is 64.0 Å². The zero-order chi connectivity index (χ0) is 31.4. The van der Waals surface area contributed by atoms with Crippen molar-refractivity contribution in [1.29, 1.82) is 0 Å². The van der Waals surface area contributed by atoms with Gasteiger partial charge in [0.25, 0.3) is 6.02 Å². The van der Waals surface area contributed by atoms with Crippen LogP contribution in [0, 0.1) is 5.82 Å². The van der Waals surface area contributed by atoms with Gasteiger partial charge in [0.15, 0.2) is 11.9 Å². The smallest absolute Gasteiger partial charge is 0.425 e. The Hall–Kier alpha value is -4.27. The number of nitrogens with zero attached hydrogens (tertiary/aromatic N) is 4. The maximum atomic E-state index is 15.2. The first-order chi connectivity index (χ1) is 20.2. The van der Waals surface area contributed by atoms with E-state index in [0.29, 0.717) is 42.5 Å². The van der Waals surface area contributed by atoms with Crippen LogP contribution in [0.2, 0.25) is 0 Å². The molecule has 2 aromatic heterocycles. The highest BCUT2D eigenvalue weighted by atomic mass is 19.4. The Morgan fingerprint density at radius 3 is 2.53 bits per heavy atom. The summed E-state index contributed by atoms with van der Waals surface area (Å²) >= 11 is 0. The highest BCUT2D eigenvalue weighted by Crippen LogP contribution is 2.42. The van der Waals surface area contributed by atoms with E-state index in [4.69, 9.17) is 23.5 Å². The fourth-order valence-corrected chi connectivity index (χ4v) is 4.16. The molecule has 0 saturated carbocycles. The second-order valence-electron chi connectivity index (χ2n) is 10.9. The summed E-state index contributed by atoms with van der Waals surface area (Å²) in [6.45, 7) is 7.00. The molecular formula is C28H31F4N5O6. The summed E-state index contributed by atoms with van der Waals surface area (Å²) in [6.07, 6.45) is -5.50. The molecule has 1 aliphatic heterocycles. The van der Waals surface area contributed by atoms with Gasteiger partial charge >= 0.3 is 12.3 Å². The number of ether oxygens (including phenoxy) is 4. The van der Waals surface area contributed by atoms with Crippen LogP contribution in [-0.2, 0) is 19.7 Å². The van der Waals surface area contributed by atoms with E-state index in [1.165, 1.54) is 37.5 Å². The maximum absolute atomic E-state index is 15.2. The minimum Gasteiger partial charge on any atom is -0.476 e. The van der Waals surface area contributed by atoms with E-state index in [9.17, 15) is 18.0 Å². The number of halogens is 4. The number of methoxy groups -OCH3 is 1. The Kier molecular flexibility index (Phi) is 9.23. The Morgan fingerprint density at radius 2 is 1.88 bits per heavy atom. The van der Waals surface area contributed by atoms with Crippen LogP contribution in [0.25, 0.3) is 22.7 Å². The predicted molar refractivity (Wildman–Crippen MR) is 145 cm³/mol. The van der Waals surface area contributed by atoms with Crippen LogP contribution < -0.4 is 10.1 Å². The molecule has 0 spiro atoms. The van der Waals surface area contributed by atoms with Gasteiger partial charge in [0, 0.05) is 43.8 Å². The normalized spacial score (nSPS) is 18.9. The molecular weight excluding hydrogens is 578 g/mol. The molecule has 3 heterocycles. The number of benzene rings is 1. The van der Waals surface area contributed by atoms with Gasteiger partial charge in [-0.15, -0.1) is 0 Å². The first-order valence-electron chi connectivity index (χ1n) is 13.2. The lowest BCUT2D eigenvalue weighted by Gasteiger charge is -2.37. The molecule has 0 aliphatic carbocycles. The lowest BCUT2D eigenvalue weighted by atomic mass is 9.84. The summed E-state index contributed by atoms with van der Waals surface area (Å²) in [4.78, 5) is 24.9. The molecule has 1 amide bonds. The second kappa shape index (κ2) is 12.5. The van der Waals surface area contributed by atoms with E-state index >= 15 is 4.39 Å². The first kappa shape index (κ1) is 31.7. The number of carbonyl (C=O) groups is 1. The molecule has 15 heteroatoms. The molecule has 232 valence electrons. The number of alkyl carbamates (subject to hydrolysis) is 1. The SMILES string of the molecule is COCCCOc1cnc(-c2cc(-c3ccc(F)c([C@]4(C)C[C@@H](C(F)(F)F)OC(NC(=O)OC(C)(C)C)=N4)c3)on2)cn1. The molecule has 43 heavy (non-hydrogen) atoms. The van der Waals surface area contributed by atoms with Crippen molar-refractivity contribution in [2.75, 3.05) is 20.3 Å². The molecule has 0 bridgehead atoms. The first-order valence-corrected chi connectivity index (χ1v) is 13.2. The lowest BCUT2D eigenvalue weighted by Crippen LogP contribution is -2.49. The molecule has 1 aromatic carbocycles. The van der Waals surface area contributed by atoms with Crippen molar-refractivity contribution in [3.63, 3.8) is 0 Å². The summed E-state index contributed by atoms with van der Waals surface area (Å²) in [6, 6.07) is 4.57. The molecule has 4 rings (SSSR count). The number of amidine groups is 1. The molecule has 1 N–H and O–H groups in total. The Morgan fingerprint density at radius 1 is 1.12 bits per heavy atom. The fraction of sp³-hybridized carbons (Fsp3) is 0.464. The average Bonchev–Trinajstić information content (AvgIpc) is 3.40. The average molecular weight is 610 g/mol. The Labute approximate surface area is 244 Å². The molecule has 2 atom stereocenters. The summed E-state index contributed by atoms with van der Waals surface area (Å²) in [5.41, 5.74) is -1.92. The van der Waals surface area contributed by atoms with E-state index in [2.05, 4.69) is 25.4 Å². The van der Waals surface area contributed by atoms with Gasteiger partial charge in [-0.2, -0.15) is 13.2 Å². The molecule has 0 radical (unpaired) electrons. The third-order valence-corrected chi connectivity index (χ3v) is 6.13. The number of aliphatic imine (C=N–C) groups is 1. The number of hydrogen-bond acceptors (Lipinski definition) is 10. The van der Waals surface area contributed by atoms with Crippen LogP contribution >= 0.6 is 0 Å². The standard InChI is InChI=1S/C28H31F4N5O6/c1-26(2,3)42-25(38)35-24-36-27(4,13-22(41-24)28(30,31)32)17-11-16(7-8-18(17)29)21-12-19(37-43-21)20-14-34-23(15-33-20)40-10-6-9-39-5/h7-8,11-12,14-15,22H,6,9-10,13H2,1-5H3,(H,35,36,38)/t22-,27-/m0/s1. The van der Waals surface area contributed by atoms with E-state index in [-0.39, 0.29) is 11.3 Å². The highest BCUT2D eigenvalue weighted by molar-refractivity contribution is 5.91. The van der Waals surface area contributed by atoms with Crippen molar-refractivity contribution in [1.82, 2.24) is 20.4 Å². The van der Waals surface area contributed by atoms with Gasteiger partial charge in [-0.05, 0) is 45.9 Å². The Bertz CT molecular complexity index is 1460. The number of alkyl halides is 3. The minimum atomic E-state index is -4.84.